The van der Waals surface area contributed by atoms with Crippen LogP contribution in [0.25, 0.3) is 0 Å². The van der Waals surface area contributed by atoms with Gasteiger partial charge in [0.1, 0.15) is 0 Å². The molecule has 0 saturated heterocycles. The van der Waals surface area contributed by atoms with Crippen molar-refractivity contribution in [3.63, 3.8) is 0 Å². The fourth-order valence-electron chi connectivity index (χ4n) is 1.82. The predicted octanol–water partition coefficient (Wildman–Crippen LogP) is 1.63. The van der Waals surface area contributed by atoms with Gasteiger partial charge in [0, 0.05) is 10.4 Å². The maximum atomic E-state index is 11.6. The van der Waals surface area contributed by atoms with Crippen LogP contribution in [0.2, 0.25) is 0 Å². The number of hydrogen-bond donors (Lipinski definition) is 1. The van der Waals surface area contributed by atoms with E-state index in [1.54, 1.807) is 0 Å². The van der Waals surface area contributed by atoms with E-state index in [-0.39, 0.29) is 11.8 Å². The Kier molecular flexibility index (Phi) is 3.27. The number of hydrogen-bond acceptors (Lipinski definition) is 3. The molecule has 1 fully saturated rings. The Balaban J connectivity index is 2.01. The van der Waals surface area contributed by atoms with Crippen molar-refractivity contribution in [2.45, 2.75) is 12.3 Å². The first-order valence-electron chi connectivity index (χ1n) is 5.14. The molecular weight excluding hydrogens is 306 g/mol. The van der Waals surface area contributed by atoms with Gasteiger partial charge in [0.25, 0.3) is 0 Å². The van der Waals surface area contributed by atoms with Gasteiger partial charge in [-0.25, -0.2) is 8.42 Å². The summed E-state index contributed by atoms with van der Waals surface area (Å²) in [6, 6.07) is 7.73. The van der Waals surface area contributed by atoms with Crippen molar-refractivity contribution in [2.24, 2.45) is 5.92 Å². The molecule has 2 rings (SSSR count). The second kappa shape index (κ2) is 4.42. The van der Waals surface area contributed by atoms with Crippen LogP contribution in [-0.4, -0.2) is 20.6 Å². The zero-order valence-corrected chi connectivity index (χ0v) is 11.6. The summed E-state index contributed by atoms with van der Waals surface area (Å²) in [5.74, 6) is -0.476. The monoisotopic (exact) mass is 317 g/mol. The van der Waals surface area contributed by atoms with E-state index in [1.165, 1.54) is 0 Å². The molecule has 0 bridgehead atoms. The van der Waals surface area contributed by atoms with E-state index in [0.717, 1.165) is 16.3 Å². The fraction of sp³-hybridized carbons (Fsp3) is 0.364. The van der Waals surface area contributed by atoms with Gasteiger partial charge in [-0.2, -0.15) is 0 Å². The Morgan fingerprint density at radius 2 is 1.94 bits per heavy atom. The van der Waals surface area contributed by atoms with Gasteiger partial charge in [-0.1, -0.05) is 28.1 Å². The molecule has 0 aliphatic heterocycles. The van der Waals surface area contributed by atoms with Crippen molar-refractivity contribution < 1.29 is 13.2 Å². The lowest BCUT2D eigenvalue weighted by Crippen LogP contribution is -2.30. The number of nitrogens with one attached hydrogen (secondary N) is 1. The molecule has 6 heteroatoms. The highest BCUT2D eigenvalue weighted by Gasteiger charge is 2.44. The summed E-state index contributed by atoms with van der Waals surface area (Å²) < 4.78 is 24.8. The van der Waals surface area contributed by atoms with Crippen molar-refractivity contribution in [3.05, 3.63) is 34.3 Å². The first-order chi connectivity index (χ1) is 7.87. The summed E-state index contributed by atoms with van der Waals surface area (Å²) in [5.41, 5.74) is 1.07. The van der Waals surface area contributed by atoms with Gasteiger partial charge < -0.3 is 0 Å². The molecular formula is C11H12BrNO3S. The second-order valence-corrected chi connectivity index (χ2v) is 6.90. The van der Waals surface area contributed by atoms with Crippen LogP contribution in [0, 0.1) is 5.92 Å². The van der Waals surface area contributed by atoms with Gasteiger partial charge in [0.05, 0.1) is 6.26 Å². The molecule has 1 amide bonds. The van der Waals surface area contributed by atoms with Crippen molar-refractivity contribution >= 4 is 31.9 Å². The summed E-state index contributed by atoms with van der Waals surface area (Å²) in [6.45, 7) is 0. The highest BCUT2D eigenvalue weighted by molar-refractivity contribution is 9.10. The topological polar surface area (TPSA) is 63.2 Å². The second-order valence-electron chi connectivity index (χ2n) is 4.24. The normalized spacial score (nSPS) is 23.2. The molecule has 0 unspecified atom stereocenters. The molecule has 0 spiro atoms. The van der Waals surface area contributed by atoms with Crippen LogP contribution < -0.4 is 4.72 Å². The average molecular weight is 318 g/mol. The number of rotatable bonds is 3. The van der Waals surface area contributed by atoms with Crippen molar-refractivity contribution in [1.82, 2.24) is 4.72 Å². The minimum atomic E-state index is -3.45. The minimum Gasteiger partial charge on any atom is -0.274 e. The molecule has 17 heavy (non-hydrogen) atoms. The van der Waals surface area contributed by atoms with Crippen LogP contribution in [0.5, 0.6) is 0 Å². The third-order valence-electron chi connectivity index (χ3n) is 2.71. The number of benzene rings is 1. The van der Waals surface area contributed by atoms with E-state index in [1.807, 2.05) is 29.0 Å². The van der Waals surface area contributed by atoms with Crippen LogP contribution in [0.1, 0.15) is 17.9 Å². The van der Waals surface area contributed by atoms with E-state index in [0.29, 0.717) is 6.42 Å². The zero-order valence-electron chi connectivity index (χ0n) is 9.18. The van der Waals surface area contributed by atoms with Crippen molar-refractivity contribution in [2.75, 3.05) is 6.26 Å². The van der Waals surface area contributed by atoms with Crippen LogP contribution in [0.15, 0.2) is 28.7 Å². The van der Waals surface area contributed by atoms with Gasteiger partial charge in [0.15, 0.2) is 0 Å². The van der Waals surface area contributed by atoms with Gasteiger partial charge in [0.2, 0.25) is 15.9 Å². The summed E-state index contributed by atoms with van der Waals surface area (Å²) in [7, 11) is -3.45. The molecule has 1 saturated carbocycles. The molecule has 0 heterocycles. The van der Waals surface area contributed by atoms with Gasteiger partial charge in [-0.15, -0.1) is 0 Å². The molecule has 1 aromatic carbocycles. The molecule has 1 aromatic rings. The van der Waals surface area contributed by atoms with Crippen LogP contribution in [0.3, 0.4) is 0 Å². The molecule has 4 nitrogen and oxygen atoms in total. The van der Waals surface area contributed by atoms with Crippen LogP contribution >= 0.6 is 15.9 Å². The van der Waals surface area contributed by atoms with Crippen LogP contribution in [-0.2, 0) is 14.8 Å². The Bertz CT molecular complexity index is 538. The lowest BCUT2D eigenvalue weighted by molar-refractivity contribution is -0.120. The average Bonchev–Trinajstić information content (AvgIpc) is 2.96. The SMILES string of the molecule is CS(=O)(=O)NC(=O)[C@@H]1C[C@@H]1c1ccc(Br)cc1. The Hall–Kier alpha value is -0.880. The van der Waals surface area contributed by atoms with E-state index in [4.69, 9.17) is 0 Å². The maximum absolute atomic E-state index is 11.6. The third kappa shape index (κ3) is 3.29. The lowest BCUT2D eigenvalue weighted by atomic mass is 10.1. The minimum absolute atomic E-state index is 0.143. The summed E-state index contributed by atoms with van der Waals surface area (Å²) in [6.07, 6.45) is 1.70. The maximum Gasteiger partial charge on any atom is 0.237 e. The molecule has 0 aromatic heterocycles. The Morgan fingerprint density at radius 1 is 1.35 bits per heavy atom. The molecule has 1 aliphatic rings. The molecule has 1 N–H and O–H groups in total. The highest BCUT2D eigenvalue weighted by Crippen LogP contribution is 2.47. The quantitative estimate of drug-likeness (QED) is 0.921. The third-order valence-corrected chi connectivity index (χ3v) is 3.81. The number of carbonyl (C=O) groups is 1. The summed E-state index contributed by atoms with van der Waals surface area (Å²) >= 11 is 3.34. The van der Waals surface area contributed by atoms with Gasteiger partial charge >= 0.3 is 0 Å². The highest BCUT2D eigenvalue weighted by atomic mass is 79.9. The van der Waals surface area contributed by atoms with Gasteiger partial charge in [-0.05, 0) is 30.0 Å². The molecule has 2 atom stereocenters. The smallest absolute Gasteiger partial charge is 0.237 e. The fourth-order valence-corrected chi connectivity index (χ4v) is 2.60. The number of sulfonamides is 1. The Labute approximate surface area is 109 Å². The van der Waals surface area contributed by atoms with Crippen LogP contribution in [0.4, 0.5) is 0 Å². The summed E-state index contributed by atoms with van der Waals surface area (Å²) in [5, 5.41) is 0. The largest absolute Gasteiger partial charge is 0.274 e. The van der Waals surface area contributed by atoms with E-state index < -0.39 is 15.9 Å². The van der Waals surface area contributed by atoms with E-state index >= 15 is 0 Å². The van der Waals surface area contributed by atoms with E-state index in [9.17, 15) is 13.2 Å². The standard InChI is InChI=1S/C11H12BrNO3S/c1-17(15,16)13-11(14)10-6-9(10)7-2-4-8(12)5-3-7/h2-5,9-10H,6H2,1H3,(H,13,14)/t9-,10-/m1/s1. The van der Waals surface area contributed by atoms with Crippen molar-refractivity contribution in [1.29, 1.82) is 0 Å². The van der Waals surface area contributed by atoms with Gasteiger partial charge in [-0.3, -0.25) is 9.52 Å². The number of amides is 1. The summed E-state index contributed by atoms with van der Waals surface area (Å²) in [4.78, 5) is 11.6. The van der Waals surface area contributed by atoms with E-state index in [2.05, 4.69) is 15.9 Å². The predicted molar refractivity (Wildman–Crippen MR) is 68.0 cm³/mol. The first-order valence-corrected chi connectivity index (χ1v) is 7.82. The molecule has 1 aliphatic carbocycles. The Morgan fingerprint density at radius 3 is 2.47 bits per heavy atom. The molecule has 0 radical (unpaired) electrons. The zero-order chi connectivity index (χ0) is 12.6. The van der Waals surface area contributed by atoms with Crippen molar-refractivity contribution in [3.8, 4) is 0 Å². The number of halogens is 1. The molecule has 92 valence electrons. The lowest BCUT2D eigenvalue weighted by Gasteiger charge is -2.02. The first kappa shape index (κ1) is 12.6. The number of carbonyl (C=O) groups excluding carboxylic acids is 1.